The summed E-state index contributed by atoms with van der Waals surface area (Å²) in [6, 6.07) is 0. The molecule has 0 unspecified atom stereocenters. The zero-order valence-electron chi connectivity index (χ0n) is 9.77. The Morgan fingerprint density at radius 3 is 2.81 bits per heavy atom. The fourth-order valence-corrected chi connectivity index (χ4v) is 2.77. The molecule has 1 amide bonds. The molecule has 1 saturated heterocycles. The van der Waals surface area contributed by atoms with Gasteiger partial charge in [0.2, 0.25) is 5.91 Å². The molecule has 2 heterocycles. The molecule has 0 atom stereocenters. The van der Waals surface area contributed by atoms with E-state index in [1.165, 1.54) is 0 Å². The van der Waals surface area contributed by atoms with Crippen molar-refractivity contribution in [1.29, 1.82) is 0 Å². The molecule has 0 bridgehead atoms. The lowest BCUT2D eigenvalue weighted by atomic mass is 10.4. The Hall–Kier alpha value is -1.10. The molecule has 1 aromatic rings. The third-order valence-corrected chi connectivity index (χ3v) is 3.84. The van der Waals surface area contributed by atoms with Gasteiger partial charge in [0.15, 0.2) is 5.13 Å². The number of carbonyl (C=O) groups excluding carboxylic acids is 1. The molecule has 1 fully saturated rings. The number of anilines is 1. The van der Waals surface area contributed by atoms with Gasteiger partial charge < -0.3 is 9.80 Å². The SMILES string of the molecule is CC(=O)N1CCCN(c2nc(C)cs2)CC1. The van der Waals surface area contributed by atoms with Gasteiger partial charge in [0, 0.05) is 38.5 Å². The predicted octanol–water partition coefficient (Wildman–Crippen LogP) is 1.51. The van der Waals surface area contributed by atoms with E-state index in [-0.39, 0.29) is 5.91 Å². The van der Waals surface area contributed by atoms with E-state index < -0.39 is 0 Å². The van der Waals surface area contributed by atoms with Crippen molar-refractivity contribution >= 4 is 22.4 Å². The molecule has 88 valence electrons. The summed E-state index contributed by atoms with van der Waals surface area (Å²) in [6.45, 7) is 7.23. The van der Waals surface area contributed by atoms with E-state index in [0.717, 1.165) is 43.4 Å². The first-order valence-electron chi connectivity index (χ1n) is 5.59. The molecule has 16 heavy (non-hydrogen) atoms. The summed E-state index contributed by atoms with van der Waals surface area (Å²) in [7, 11) is 0. The van der Waals surface area contributed by atoms with Crippen LogP contribution in [0.4, 0.5) is 5.13 Å². The van der Waals surface area contributed by atoms with Gasteiger partial charge in [-0.05, 0) is 13.3 Å². The van der Waals surface area contributed by atoms with Crippen molar-refractivity contribution in [2.75, 3.05) is 31.1 Å². The molecule has 1 aromatic heterocycles. The lowest BCUT2D eigenvalue weighted by Crippen LogP contribution is -2.33. The molecule has 0 aromatic carbocycles. The van der Waals surface area contributed by atoms with E-state index in [4.69, 9.17) is 0 Å². The van der Waals surface area contributed by atoms with Crippen molar-refractivity contribution in [3.05, 3.63) is 11.1 Å². The van der Waals surface area contributed by atoms with Gasteiger partial charge in [0.1, 0.15) is 0 Å². The largest absolute Gasteiger partial charge is 0.346 e. The Bertz CT molecular complexity index is 377. The molecule has 0 radical (unpaired) electrons. The zero-order valence-corrected chi connectivity index (χ0v) is 10.6. The van der Waals surface area contributed by atoms with E-state index in [1.54, 1.807) is 18.3 Å². The summed E-state index contributed by atoms with van der Waals surface area (Å²) in [5.41, 5.74) is 1.08. The van der Waals surface area contributed by atoms with Crippen molar-refractivity contribution in [1.82, 2.24) is 9.88 Å². The highest BCUT2D eigenvalue weighted by molar-refractivity contribution is 7.13. The Balaban J connectivity index is 2.01. The third-order valence-electron chi connectivity index (χ3n) is 2.82. The molecular formula is C11H17N3OS. The van der Waals surface area contributed by atoms with E-state index in [9.17, 15) is 4.79 Å². The number of nitrogens with zero attached hydrogens (tertiary/aromatic N) is 3. The number of hydrogen-bond acceptors (Lipinski definition) is 4. The van der Waals surface area contributed by atoms with Gasteiger partial charge in [-0.1, -0.05) is 0 Å². The van der Waals surface area contributed by atoms with Crippen LogP contribution in [0.1, 0.15) is 19.0 Å². The molecule has 4 nitrogen and oxygen atoms in total. The van der Waals surface area contributed by atoms with Crippen LogP contribution in [0, 0.1) is 6.92 Å². The number of thiazole rings is 1. The topological polar surface area (TPSA) is 36.4 Å². The molecule has 0 aliphatic carbocycles. The Labute approximate surface area is 99.9 Å². The fraction of sp³-hybridized carbons (Fsp3) is 0.636. The fourth-order valence-electron chi connectivity index (χ4n) is 1.91. The lowest BCUT2D eigenvalue weighted by Gasteiger charge is -2.20. The molecule has 1 aliphatic heterocycles. The van der Waals surface area contributed by atoms with E-state index in [1.807, 2.05) is 11.8 Å². The Morgan fingerprint density at radius 1 is 1.38 bits per heavy atom. The normalized spacial score (nSPS) is 17.4. The lowest BCUT2D eigenvalue weighted by molar-refractivity contribution is -0.128. The minimum atomic E-state index is 0.178. The standard InChI is InChI=1S/C11H17N3OS/c1-9-8-16-11(12-9)14-5-3-4-13(6-7-14)10(2)15/h8H,3-7H2,1-2H3. The minimum absolute atomic E-state index is 0.178. The van der Waals surface area contributed by atoms with Crippen LogP contribution >= 0.6 is 11.3 Å². The number of amides is 1. The van der Waals surface area contributed by atoms with Crippen molar-refractivity contribution in [2.24, 2.45) is 0 Å². The molecule has 1 aliphatic rings. The van der Waals surface area contributed by atoms with Crippen LogP contribution in [0.15, 0.2) is 5.38 Å². The first kappa shape index (κ1) is 11.4. The van der Waals surface area contributed by atoms with E-state index >= 15 is 0 Å². The highest BCUT2D eigenvalue weighted by Gasteiger charge is 2.18. The van der Waals surface area contributed by atoms with Crippen molar-refractivity contribution in [3.8, 4) is 0 Å². The molecule has 5 heteroatoms. The Morgan fingerprint density at radius 2 is 2.19 bits per heavy atom. The van der Waals surface area contributed by atoms with Gasteiger partial charge in [-0.3, -0.25) is 4.79 Å². The van der Waals surface area contributed by atoms with Crippen LogP contribution in [-0.4, -0.2) is 42.0 Å². The second-order valence-electron chi connectivity index (χ2n) is 4.12. The summed E-state index contributed by atoms with van der Waals surface area (Å²) < 4.78 is 0. The average molecular weight is 239 g/mol. The average Bonchev–Trinajstić information content (AvgIpc) is 2.54. The van der Waals surface area contributed by atoms with Gasteiger partial charge in [-0.25, -0.2) is 4.98 Å². The third kappa shape index (κ3) is 2.52. The first-order valence-corrected chi connectivity index (χ1v) is 6.47. The number of rotatable bonds is 1. The molecule has 0 spiro atoms. The van der Waals surface area contributed by atoms with Gasteiger partial charge >= 0.3 is 0 Å². The highest BCUT2D eigenvalue weighted by Crippen LogP contribution is 2.21. The summed E-state index contributed by atoms with van der Waals surface area (Å²) in [5.74, 6) is 0.178. The second-order valence-corrected chi connectivity index (χ2v) is 4.95. The number of aromatic nitrogens is 1. The van der Waals surface area contributed by atoms with Gasteiger partial charge in [0.05, 0.1) is 5.69 Å². The van der Waals surface area contributed by atoms with Gasteiger partial charge in [0.25, 0.3) is 0 Å². The highest BCUT2D eigenvalue weighted by atomic mass is 32.1. The summed E-state index contributed by atoms with van der Waals surface area (Å²) in [4.78, 5) is 20.0. The molecule has 2 rings (SSSR count). The molecule has 0 N–H and O–H groups in total. The minimum Gasteiger partial charge on any atom is -0.346 e. The van der Waals surface area contributed by atoms with Crippen LogP contribution in [0.5, 0.6) is 0 Å². The van der Waals surface area contributed by atoms with Crippen LogP contribution in [0.3, 0.4) is 0 Å². The van der Waals surface area contributed by atoms with E-state index in [0.29, 0.717) is 0 Å². The van der Waals surface area contributed by atoms with Crippen molar-refractivity contribution < 1.29 is 4.79 Å². The molecule has 0 saturated carbocycles. The Kier molecular flexibility index (Phi) is 3.43. The molecular weight excluding hydrogens is 222 g/mol. The maximum atomic E-state index is 11.3. The van der Waals surface area contributed by atoms with Gasteiger partial charge in [-0.15, -0.1) is 11.3 Å². The summed E-state index contributed by atoms with van der Waals surface area (Å²) >= 11 is 1.69. The van der Waals surface area contributed by atoms with Crippen LogP contribution < -0.4 is 4.90 Å². The first-order chi connectivity index (χ1) is 7.66. The quantitative estimate of drug-likeness (QED) is 0.745. The maximum absolute atomic E-state index is 11.3. The summed E-state index contributed by atoms with van der Waals surface area (Å²) in [5, 5.41) is 3.16. The number of carbonyl (C=O) groups is 1. The van der Waals surface area contributed by atoms with Crippen LogP contribution in [0.25, 0.3) is 0 Å². The van der Waals surface area contributed by atoms with Crippen LogP contribution in [-0.2, 0) is 4.79 Å². The monoisotopic (exact) mass is 239 g/mol. The van der Waals surface area contributed by atoms with Crippen LogP contribution in [0.2, 0.25) is 0 Å². The van der Waals surface area contributed by atoms with Crippen molar-refractivity contribution in [3.63, 3.8) is 0 Å². The zero-order chi connectivity index (χ0) is 11.5. The van der Waals surface area contributed by atoms with Crippen molar-refractivity contribution in [2.45, 2.75) is 20.3 Å². The maximum Gasteiger partial charge on any atom is 0.219 e. The smallest absolute Gasteiger partial charge is 0.219 e. The summed E-state index contributed by atoms with van der Waals surface area (Å²) in [6.07, 6.45) is 1.03. The number of hydrogen-bond donors (Lipinski definition) is 0. The number of aryl methyl sites for hydroxylation is 1. The van der Waals surface area contributed by atoms with Gasteiger partial charge in [-0.2, -0.15) is 0 Å². The van der Waals surface area contributed by atoms with E-state index in [2.05, 4.69) is 15.3 Å². The predicted molar refractivity (Wildman–Crippen MR) is 65.9 cm³/mol. The second kappa shape index (κ2) is 4.82.